The fraction of sp³-hybridized carbons (Fsp3) is 0.447. The zero-order valence-electron chi connectivity index (χ0n) is 30.5. The van der Waals surface area contributed by atoms with E-state index < -0.39 is 72.1 Å². The normalized spacial score (nSPS) is 22.5. The summed E-state index contributed by atoms with van der Waals surface area (Å²) in [5.41, 5.74) is 7.62. The summed E-state index contributed by atoms with van der Waals surface area (Å²) in [5, 5.41) is 27.1. The van der Waals surface area contributed by atoms with Gasteiger partial charge in [0.25, 0.3) is 0 Å². The Morgan fingerprint density at radius 2 is 1.43 bits per heavy atom. The molecular formula is C38H50N8O8. The summed E-state index contributed by atoms with van der Waals surface area (Å²) in [5.74, 6) is -5.23. The molecule has 5 atom stereocenters. The van der Waals surface area contributed by atoms with Gasteiger partial charge in [0.1, 0.15) is 18.1 Å². The highest BCUT2D eigenvalue weighted by Gasteiger charge is 2.33. The zero-order chi connectivity index (χ0) is 39.2. The first kappa shape index (κ1) is 41.0. The lowest BCUT2D eigenvalue weighted by molar-refractivity contribution is -0.140. The quantitative estimate of drug-likeness (QED) is 0.129. The molecule has 0 bridgehead atoms. The predicted molar refractivity (Wildman–Crippen MR) is 199 cm³/mol. The van der Waals surface area contributed by atoms with Crippen LogP contribution in [0.2, 0.25) is 0 Å². The smallest absolute Gasteiger partial charge is 0.305 e. The van der Waals surface area contributed by atoms with E-state index in [1.807, 2.05) is 44.2 Å². The van der Waals surface area contributed by atoms with Crippen molar-refractivity contribution >= 4 is 52.3 Å². The van der Waals surface area contributed by atoms with Crippen molar-refractivity contribution in [3.8, 4) is 0 Å². The molecule has 2 aromatic carbocycles. The molecule has 16 heteroatoms. The van der Waals surface area contributed by atoms with E-state index >= 15 is 0 Å². The Morgan fingerprint density at radius 3 is 2.11 bits per heavy atom. The number of H-pyrrole nitrogens is 1. The lowest BCUT2D eigenvalue weighted by Crippen LogP contribution is -2.59. The summed E-state index contributed by atoms with van der Waals surface area (Å²) in [6.45, 7) is 3.85. The fourth-order valence-electron chi connectivity index (χ4n) is 6.36. The average Bonchev–Trinajstić information content (AvgIpc) is 3.53. The highest BCUT2D eigenvalue weighted by molar-refractivity contribution is 5.96. The van der Waals surface area contributed by atoms with Gasteiger partial charge in [-0.2, -0.15) is 0 Å². The van der Waals surface area contributed by atoms with E-state index in [4.69, 9.17) is 5.73 Å². The molecule has 1 aliphatic heterocycles. The highest BCUT2D eigenvalue weighted by Crippen LogP contribution is 2.20. The lowest BCUT2D eigenvalue weighted by atomic mass is 10.0. The van der Waals surface area contributed by atoms with Crippen molar-refractivity contribution in [2.45, 2.75) is 89.0 Å². The Hall–Kier alpha value is -5.77. The number of aromatic amines is 1. The number of hydrogen-bond acceptors (Lipinski definition) is 8. The van der Waals surface area contributed by atoms with Gasteiger partial charge in [0, 0.05) is 61.9 Å². The molecule has 0 saturated carbocycles. The van der Waals surface area contributed by atoms with Gasteiger partial charge in [-0.3, -0.25) is 33.6 Å². The molecule has 1 fully saturated rings. The second kappa shape index (κ2) is 19.9. The summed E-state index contributed by atoms with van der Waals surface area (Å²) in [6, 6.07) is 10.8. The number of nitrogens with two attached hydrogens (primary N) is 1. The van der Waals surface area contributed by atoms with Crippen LogP contribution in [-0.2, 0) is 46.4 Å². The first-order valence-corrected chi connectivity index (χ1v) is 18.1. The van der Waals surface area contributed by atoms with Gasteiger partial charge in [0.15, 0.2) is 0 Å². The topological polar surface area (TPSA) is 254 Å². The summed E-state index contributed by atoms with van der Waals surface area (Å²) < 4.78 is 0. The van der Waals surface area contributed by atoms with Crippen LogP contribution in [0.3, 0.4) is 0 Å². The van der Waals surface area contributed by atoms with Gasteiger partial charge < -0.3 is 47.7 Å². The van der Waals surface area contributed by atoms with E-state index in [0.29, 0.717) is 12.0 Å². The van der Waals surface area contributed by atoms with Gasteiger partial charge >= 0.3 is 5.97 Å². The number of aliphatic carboxylic acids is 1. The van der Waals surface area contributed by atoms with Crippen LogP contribution in [0.4, 0.5) is 0 Å². The number of hydrogen-bond donors (Lipinski definition) is 9. The number of amides is 6. The molecule has 2 heterocycles. The molecule has 6 amide bonds. The number of rotatable bonds is 11. The fourth-order valence-corrected chi connectivity index (χ4v) is 6.36. The van der Waals surface area contributed by atoms with E-state index in [0.717, 1.165) is 16.5 Å². The molecule has 16 nitrogen and oxygen atoms in total. The monoisotopic (exact) mass is 746 g/mol. The average molecular weight is 747 g/mol. The lowest BCUT2D eigenvalue weighted by Gasteiger charge is -2.27. The molecule has 3 aromatic rings. The van der Waals surface area contributed by atoms with Crippen LogP contribution in [0.5, 0.6) is 0 Å². The van der Waals surface area contributed by atoms with Crippen molar-refractivity contribution in [3.63, 3.8) is 0 Å². The minimum atomic E-state index is -1.40. The van der Waals surface area contributed by atoms with Crippen LogP contribution in [0.15, 0.2) is 60.8 Å². The molecule has 1 saturated heterocycles. The van der Waals surface area contributed by atoms with Crippen LogP contribution < -0.4 is 37.6 Å². The Bertz CT molecular complexity index is 1800. The number of carboxylic acids is 1. The maximum Gasteiger partial charge on any atom is 0.305 e. The Labute approximate surface area is 313 Å². The van der Waals surface area contributed by atoms with E-state index in [-0.39, 0.29) is 57.0 Å². The highest BCUT2D eigenvalue weighted by atomic mass is 16.4. The number of aromatic nitrogens is 1. The Kier molecular flexibility index (Phi) is 15.1. The van der Waals surface area contributed by atoms with Crippen LogP contribution >= 0.6 is 0 Å². The molecule has 1 aromatic heterocycles. The van der Waals surface area contributed by atoms with Crippen molar-refractivity contribution in [1.29, 1.82) is 0 Å². The number of carboxylic acid groups (broad SMARTS) is 1. The van der Waals surface area contributed by atoms with E-state index in [2.05, 4.69) is 36.9 Å². The molecule has 290 valence electrons. The summed E-state index contributed by atoms with van der Waals surface area (Å²) in [7, 11) is 0. The molecule has 0 spiro atoms. The molecule has 4 rings (SSSR count). The number of carbonyl (C=O) groups is 7. The molecule has 2 unspecified atom stereocenters. The maximum atomic E-state index is 14.2. The SMILES string of the molecule is CC(C)CC1CNC(CC(=O)O)C(=O)N[C@@H](CCC(N)=O)C(=O)N[C@@H](Cc2c[nH]c3ccccc23)C(=O)N[C@@H](Cc2ccccc2)C(=O)NCCC(=O)N1. The van der Waals surface area contributed by atoms with Crippen molar-refractivity contribution in [2.24, 2.45) is 11.7 Å². The molecule has 0 radical (unpaired) electrons. The van der Waals surface area contributed by atoms with Crippen molar-refractivity contribution in [2.75, 3.05) is 13.1 Å². The third kappa shape index (κ3) is 12.7. The Morgan fingerprint density at radius 1 is 0.796 bits per heavy atom. The minimum Gasteiger partial charge on any atom is -0.481 e. The standard InChI is InChI=1S/C38H50N8O8/c1-22(2)16-25-21-42-29(19-34(49)50)37(53)44-28(12-13-32(39)47)36(52)46-31(18-24-20-41-27-11-7-6-10-26(24)27)38(54)45-30(17-23-8-4-3-5-9-23)35(51)40-15-14-33(48)43-25/h3-11,20,22,25,28-31,41-42H,12-19,21H2,1-2H3,(H2,39,47)(H,40,51)(H,43,48)(H,44,53)(H,45,54)(H,46,52)(H,49,50)/t25?,28-,29?,30-,31-/m0/s1. The van der Waals surface area contributed by atoms with Gasteiger partial charge in [-0.25, -0.2) is 0 Å². The second-order valence-electron chi connectivity index (χ2n) is 13.9. The number of nitrogens with one attached hydrogen (secondary N) is 7. The second-order valence-corrected chi connectivity index (χ2v) is 13.9. The van der Waals surface area contributed by atoms with Gasteiger partial charge in [-0.1, -0.05) is 62.4 Å². The van der Waals surface area contributed by atoms with Crippen molar-refractivity contribution in [3.05, 3.63) is 71.9 Å². The third-order valence-corrected chi connectivity index (χ3v) is 9.04. The molecule has 10 N–H and O–H groups in total. The van der Waals surface area contributed by atoms with Crippen LogP contribution in [0.1, 0.15) is 57.1 Å². The summed E-state index contributed by atoms with van der Waals surface area (Å²) >= 11 is 0. The summed E-state index contributed by atoms with van der Waals surface area (Å²) in [6.07, 6.45) is 0.958. The number of fused-ring (bicyclic) bond motifs is 1. The van der Waals surface area contributed by atoms with E-state index in [1.165, 1.54) is 0 Å². The van der Waals surface area contributed by atoms with Gasteiger partial charge in [0.05, 0.1) is 12.5 Å². The number of carbonyl (C=O) groups excluding carboxylic acids is 6. The van der Waals surface area contributed by atoms with Gasteiger partial charge in [-0.05, 0) is 36.0 Å². The Balaban J connectivity index is 1.72. The first-order chi connectivity index (χ1) is 25.8. The van der Waals surface area contributed by atoms with Crippen molar-refractivity contribution in [1.82, 2.24) is 36.9 Å². The van der Waals surface area contributed by atoms with E-state index in [1.54, 1.807) is 30.5 Å². The molecular weight excluding hydrogens is 696 g/mol. The predicted octanol–water partition coefficient (Wildman–Crippen LogP) is 0.157. The van der Waals surface area contributed by atoms with E-state index in [9.17, 15) is 38.7 Å². The molecule has 0 aliphatic carbocycles. The maximum absolute atomic E-state index is 14.2. The molecule has 1 aliphatic rings. The largest absolute Gasteiger partial charge is 0.481 e. The number of benzene rings is 2. The van der Waals surface area contributed by atoms with Gasteiger partial charge in [0.2, 0.25) is 35.4 Å². The minimum absolute atomic E-state index is 0.0179. The van der Waals surface area contributed by atoms with Crippen LogP contribution in [0, 0.1) is 5.92 Å². The number of para-hydroxylation sites is 1. The van der Waals surface area contributed by atoms with Crippen LogP contribution in [-0.4, -0.2) is 94.8 Å². The summed E-state index contributed by atoms with van der Waals surface area (Å²) in [4.78, 5) is 95.3. The third-order valence-electron chi connectivity index (χ3n) is 9.04. The van der Waals surface area contributed by atoms with Gasteiger partial charge in [-0.15, -0.1) is 0 Å². The van der Waals surface area contributed by atoms with Crippen LogP contribution in [0.25, 0.3) is 10.9 Å². The zero-order valence-corrected chi connectivity index (χ0v) is 30.5. The first-order valence-electron chi connectivity index (χ1n) is 18.1. The van der Waals surface area contributed by atoms with Crippen molar-refractivity contribution < 1.29 is 38.7 Å². The number of primary amides is 1. The molecule has 54 heavy (non-hydrogen) atoms.